The summed E-state index contributed by atoms with van der Waals surface area (Å²) in [6.45, 7) is 1.83. The fourth-order valence-electron chi connectivity index (χ4n) is 3.49. The van der Waals surface area contributed by atoms with Crippen molar-refractivity contribution in [2.75, 3.05) is 7.11 Å². The molecule has 0 fully saturated rings. The van der Waals surface area contributed by atoms with Gasteiger partial charge < -0.3 is 13.9 Å². The molecule has 3 aromatic rings. The van der Waals surface area contributed by atoms with E-state index in [1.807, 2.05) is 6.92 Å². The van der Waals surface area contributed by atoms with Gasteiger partial charge in [0.1, 0.15) is 11.3 Å². The van der Waals surface area contributed by atoms with Gasteiger partial charge in [-0.1, -0.05) is 12.1 Å². The van der Waals surface area contributed by atoms with Crippen molar-refractivity contribution in [1.82, 2.24) is 0 Å². The van der Waals surface area contributed by atoms with Crippen molar-refractivity contribution in [3.05, 3.63) is 75.1 Å². The Morgan fingerprint density at radius 3 is 2.56 bits per heavy atom. The molecule has 1 unspecified atom stereocenters. The SMILES string of the molecule is COC(=O)c1ccc(C2CC(=O)Oc3ccc4c(C)cc(=O)oc4c32)cc1. The van der Waals surface area contributed by atoms with E-state index in [0.29, 0.717) is 22.5 Å². The van der Waals surface area contributed by atoms with E-state index in [4.69, 9.17) is 13.9 Å². The van der Waals surface area contributed by atoms with Crippen LogP contribution in [-0.2, 0) is 9.53 Å². The number of esters is 2. The zero-order valence-electron chi connectivity index (χ0n) is 14.8. The zero-order chi connectivity index (χ0) is 19.1. The second-order valence-electron chi connectivity index (χ2n) is 6.45. The van der Waals surface area contributed by atoms with Crippen molar-refractivity contribution in [2.45, 2.75) is 19.3 Å². The smallest absolute Gasteiger partial charge is 0.337 e. The summed E-state index contributed by atoms with van der Waals surface area (Å²) < 4.78 is 15.6. The lowest BCUT2D eigenvalue weighted by Crippen LogP contribution is -2.21. The minimum absolute atomic E-state index is 0.112. The minimum Gasteiger partial charge on any atom is -0.465 e. The number of carbonyl (C=O) groups is 2. The molecule has 1 aliphatic rings. The van der Waals surface area contributed by atoms with E-state index in [1.54, 1.807) is 36.4 Å². The summed E-state index contributed by atoms with van der Waals surface area (Å²) in [7, 11) is 1.32. The molecule has 0 N–H and O–H groups in total. The van der Waals surface area contributed by atoms with E-state index in [2.05, 4.69) is 0 Å². The first kappa shape index (κ1) is 17.0. The first-order valence-corrected chi connectivity index (χ1v) is 8.44. The molecule has 0 saturated heterocycles. The van der Waals surface area contributed by atoms with Crippen molar-refractivity contribution < 1.29 is 23.5 Å². The Kier molecular flexibility index (Phi) is 4.03. The highest BCUT2D eigenvalue weighted by Crippen LogP contribution is 2.43. The van der Waals surface area contributed by atoms with Gasteiger partial charge in [0.05, 0.1) is 19.1 Å². The fraction of sp³-hybridized carbons (Fsp3) is 0.190. The molecule has 136 valence electrons. The van der Waals surface area contributed by atoms with E-state index in [1.165, 1.54) is 13.2 Å². The molecule has 4 rings (SSSR count). The van der Waals surface area contributed by atoms with Gasteiger partial charge in [-0.2, -0.15) is 0 Å². The predicted octanol–water partition coefficient (Wildman–Crippen LogP) is 3.33. The quantitative estimate of drug-likeness (QED) is 0.394. The highest BCUT2D eigenvalue weighted by molar-refractivity contribution is 5.91. The van der Waals surface area contributed by atoms with Crippen LogP contribution in [0, 0.1) is 6.92 Å². The van der Waals surface area contributed by atoms with Crippen LogP contribution in [0.4, 0.5) is 0 Å². The summed E-state index contributed by atoms with van der Waals surface area (Å²) in [6.07, 6.45) is 0.112. The number of rotatable bonds is 2. The maximum Gasteiger partial charge on any atom is 0.337 e. The van der Waals surface area contributed by atoms with Gasteiger partial charge in [0.25, 0.3) is 0 Å². The monoisotopic (exact) mass is 364 g/mol. The lowest BCUT2D eigenvalue weighted by Gasteiger charge is -2.25. The molecule has 6 heteroatoms. The largest absolute Gasteiger partial charge is 0.465 e. The highest BCUT2D eigenvalue weighted by Gasteiger charge is 2.32. The van der Waals surface area contributed by atoms with Gasteiger partial charge in [-0.05, 0) is 42.3 Å². The van der Waals surface area contributed by atoms with Gasteiger partial charge >= 0.3 is 17.6 Å². The van der Waals surface area contributed by atoms with E-state index < -0.39 is 11.6 Å². The molecule has 1 atom stereocenters. The predicted molar refractivity (Wildman–Crippen MR) is 97.1 cm³/mol. The van der Waals surface area contributed by atoms with Gasteiger partial charge in [0.15, 0.2) is 0 Å². The third-order valence-corrected chi connectivity index (χ3v) is 4.80. The van der Waals surface area contributed by atoms with Crippen molar-refractivity contribution in [3.63, 3.8) is 0 Å². The number of methoxy groups -OCH3 is 1. The number of carbonyl (C=O) groups excluding carboxylic acids is 2. The summed E-state index contributed by atoms with van der Waals surface area (Å²) in [5, 5.41) is 0.794. The molecule has 0 spiro atoms. The standard InChI is InChI=1S/C21H16O6/c1-11-9-17(22)27-20-14(11)7-8-16-19(20)15(10-18(23)26-16)12-3-5-13(6-4-12)21(24)25-2/h3-9,15H,10H2,1-2H3. The molecule has 0 aliphatic carbocycles. The van der Waals surface area contributed by atoms with Gasteiger partial charge in [-0.3, -0.25) is 4.79 Å². The molecule has 6 nitrogen and oxygen atoms in total. The average Bonchev–Trinajstić information content (AvgIpc) is 2.66. The summed E-state index contributed by atoms with van der Waals surface area (Å²) in [6, 6.07) is 11.8. The number of fused-ring (bicyclic) bond motifs is 3. The Balaban J connectivity index is 1.91. The maximum atomic E-state index is 12.1. The summed E-state index contributed by atoms with van der Waals surface area (Å²) >= 11 is 0. The van der Waals surface area contributed by atoms with Crippen molar-refractivity contribution in [1.29, 1.82) is 0 Å². The second kappa shape index (κ2) is 6.39. The fourth-order valence-corrected chi connectivity index (χ4v) is 3.49. The molecule has 2 heterocycles. The topological polar surface area (TPSA) is 82.8 Å². The minimum atomic E-state index is -0.454. The first-order chi connectivity index (χ1) is 13.0. The Hall–Kier alpha value is -3.41. The number of hydrogen-bond donors (Lipinski definition) is 0. The van der Waals surface area contributed by atoms with Gasteiger partial charge in [0.2, 0.25) is 0 Å². The first-order valence-electron chi connectivity index (χ1n) is 8.44. The van der Waals surface area contributed by atoms with Crippen molar-refractivity contribution >= 4 is 22.9 Å². The second-order valence-corrected chi connectivity index (χ2v) is 6.45. The lowest BCUT2D eigenvalue weighted by atomic mass is 9.84. The molecule has 1 aliphatic heterocycles. The van der Waals surface area contributed by atoms with Crippen LogP contribution in [-0.4, -0.2) is 19.0 Å². The molecule has 2 aromatic carbocycles. The van der Waals surface area contributed by atoms with Gasteiger partial charge in [-0.15, -0.1) is 0 Å². The normalized spacial score (nSPS) is 15.9. The Bertz CT molecular complexity index is 1120. The van der Waals surface area contributed by atoms with Crippen LogP contribution in [0.2, 0.25) is 0 Å². The van der Waals surface area contributed by atoms with Crippen LogP contribution >= 0.6 is 0 Å². The van der Waals surface area contributed by atoms with E-state index in [0.717, 1.165) is 16.5 Å². The third-order valence-electron chi connectivity index (χ3n) is 4.80. The lowest BCUT2D eigenvalue weighted by molar-refractivity contribution is -0.135. The third kappa shape index (κ3) is 2.89. The Morgan fingerprint density at radius 2 is 1.85 bits per heavy atom. The van der Waals surface area contributed by atoms with Crippen molar-refractivity contribution in [2.24, 2.45) is 0 Å². The summed E-state index contributed by atoms with van der Waals surface area (Å²) in [4.78, 5) is 35.7. The molecule has 27 heavy (non-hydrogen) atoms. The Labute approximate surface area is 154 Å². The number of ether oxygens (including phenoxy) is 2. The van der Waals surface area contributed by atoms with Crippen molar-refractivity contribution in [3.8, 4) is 5.75 Å². The van der Waals surface area contributed by atoms with Crippen LogP contribution in [0.25, 0.3) is 11.0 Å². The number of hydrogen-bond acceptors (Lipinski definition) is 6. The van der Waals surface area contributed by atoms with Gasteiger partial charge in [-0.25, -0.2) is 9.59 Å². The van der Waals surface area contributed by atoms with E-state index >= 15 is 0 Å². The van der Waals surface area contributed by atoms with Crippen LogP contribution in [0.1, 0.15) is 39.4 Å². The van der Waals surface area contributed by atoms with E-state index in [-0.39, 0.29) is 18.3 Å². The highest BCUT2D eigenvalue weighted by atomic mass is 16.5. The van der Waals surface area contributed by atoms with E-state index in [9.17, 15) is 14.4 Å². The maximum absolute atomic E-state index is 12.1. The Morgan fingerprint density at radius 1 is 1.11 bits per heavy atom. The number of benzene rings is 2. The van der Waals surface area contributed by atoms with Crippen LogP contribution < -0.4 is 10.4 Å². The summed E-state index contributed by atoms with van der Waals surface area (Å²) in [5.41, 5.74) is 2.66. The molecular formula is C21H16O6. The van der Waals surface area contributed by atoms with Gasteiger partial charge in [0, 0.05) is 22.9 Å². The molecule has 0 radical (unpaired) electrons. The van der Waals surface area contributed by atoms with Crippen LogP contribution in [0.5, 0.6) is 5.75 Å². The van der Waals surface area contributed by atoms with Crippen LogP contribution in [0.15, 0.2) is 51.7 Å². The molecule has 0 amide bonds. The molecule has 0 bridgehead atoms. The average molecular weight is 364 g/mol. The molecular weight excluding hydrogens is 348 g/mol. The molecule has 0 saturated carbocycles. The molecule has 1 aromatic heterocycles. The summed E-state index contributed by atoms with van der Waals surface area (Å²) in [5.74, 6) is -0.757. The zero-order valence-corrected chi connectivity index (χ0v) is 14.8. The van der Waals surface area contributed by atoms with Crippen LogP contribution in [0.3, 0.4) is 0 Å². The number of aryl methyl sites for hydroxylation is 1.